The van der Waals surface area contributed by atoms with Gasteiger partial charge in [-0.1, -0.05) is 66.2 Å². The topological polar surface area (TPSA) is 45.0 Å². The highest BCUT2D eigenvalue weighted by atomic mass is 35.5. The number of halogens is 1. The normalized spacial score (nSPS) is 15.8. The Kier molecular flexibility index (Phi) is 5.84. The van der Waals surface area contributed by atoms with Crippen molar-refractivity contribution in [2.45, 2.75) is 6.04 Å². The van der Waals surface area contributed by atoms with Gasteiger partial charge in [-0.3, -0.25) is 4.79 Å². The number of nitrogens with zero attached hydrogens (tertiary/aromatic N) is 1. The molecule has 148 valence electrons. The van der Waals surface area contributed by atoms with E-state index in [2.05, 4.69) is 36.4 Å². The van der Waals surface area contributed by atoms with E-state index >= 15 is 0 Å². The van der Waals surface area contributed by atoms with E-state index in [0.717, 1.165) is 18.1 Å². The molecule has 0 spiro atoms. The van der Waals surface area contributed by atoms with Crippen molar-refractivity contribution in [2.75, 3.05) is 26.2 Å². The smallest absolute Gasteiger partial charge is 0.258 e. The second-order valence-electron chi connectivity index (χ2n) is 7.36. The molecule has 1 aliphatic heterocycles. The van der Waals surface area contributed by atoms with Crippen LogP contribution in [0.1, 0.15) is 27.5 Å². The molecule has 2 N–H and O–H groups in total. The molecular formula is C24H24ClN2O2+. The lowest BCUT2D eigenvalue weighted by molar-refractivity contribution is -0.929. The first kappa shape index (κ1) is 19.5. The van der Waals surface area contributed by atoms with Crippen LogP contribution in [0, 0.1) is 0 Å². The number of rotatable bonds is 4. The van der Waals surface area contributed by atoms with Crippen LogP contribution in [-0.2, 0) is 0 Å². The number of hydrogen-bond acceptors (Lipinski definition) is 2. The summed E-state index contributed by atoms with van der Waals surface area (Å²) < 4.78 is 0. The number of phenols is 1. The van der Waals surface area contributed by atoms with Gasteiger partial charge in [0.05, 0.1) is 31.7 Å². The Morgan fingerprint density at radius 1 is 0.862 bits per heavy atom. The first-order chi connectivity index (χ1) is 14.1. The Bertz CT molecular complexity index is 968. The first-order valence-corrected chi connectivity index (χ1v) is 10.2. The minimum absolute atomic E-state index is 0.0376. The van der Waals surface area contributed by atoms with Crippen LogP contribution in [0.4, 0.5) is 0 Å². The summed E-state index contributed by atoms with van der Waals surface area (Å²) in [6.45, 7) is 2.97. The van der Waals surface area contributed by atoms with E-state index in [0.29, 0.717) is 18.7 Å². The van der Waals surface area contributed by atoms with Crippen molar-refractivity contribution >= 4 is 17.5 Å². The molecule has 1 amide bonds. The summed E-state index contributed by atoms with van der Waals surface area (Å²) in [6, 6.07) is 25.5. The number of carbonyl (C=O) groups is 1. The molecule has 0 unspecified atom stereocenters. The zero-order chi connectivity index (χ0) is 20.2. The van der Waals surface area contributed by atoms with E-state index in [1.54, 1.807) is 24.3 Å². The molecule has 0 aromatic heterocycles. The zero-order valence-corrected chi connectivity index (χ0v) is 16.8. The summed E-state index contributed by atoms with van der Waals surface area (Å²) in [4.78, 5) is 16.1. The monoisotopic (exact) mass is 407 g/mol. The van der Waals surface area contributed by atoms with Gasteiger partial charge in [0.1, 0.15) is 11.8 Å². The van der Waals surface area contributed by atoms with Gasteiger partial charge in [0.25, 0.3) is 5.91 Å². The second-order valence-corrected chi connectivity index (χ2v) is 7.80. The van der Waals surface area contributed by atoms with Crippen LogP contribution < -0.4 is 4.90 Å². The lowest BCUT2D eigenvalue weighted by Crippen LogP contribution is -3.15. The van der Waals surface area contributed by atoms with Crippen LogP contribution in [0.5, 0.6) is 5.75 Å². The Labute approximate surface area is 176 Å². The van der Waals surface area contributed by atoms with Gasteiger partial charge in [0, 0.05) is 16.1 Å². The van der Waals surface area contributed by atoms with Gasteiger partial charge in [0.15, 0.2) is 0 Å². The van der Waals surface area contributed by atoms with Crippen molar-refractivity contribution in [3.8, 4) is 5.75 Å². The van der Waals surface area contributed by atoms with Gasteiger partial charge >= 0.3 is 0 Å². The molecule has 0 bridgehead atoms. The number of carbonyl (C=O) groups excluding carboxylic acids is 1. The third-order valence-corrected chi connectivity index (χ3v) is 5.82. The number of nitrogens with one attached hydrogen (secondary N) is 1. The molecule has 4 nitrogen and oxygen atoms in total. The maximum absolute atomic E-state index is 12.8. The predicted molar refractivity (Wildman–Crippen MR) is 114 cm³/mol. The number of para-hydroxylation sites is 1. The Balaban J connectivity index is 1.53. The summed E-state index contributed by atoms with van der Waals surface area (Å²) >= 11 is 6.10. The van der Waals surface area contributed by atoms with Crippen molar-refractivity contribution in [1.82, 2.24) is 4.90 Å². The first-order valence-electron chi connectivity index (χ1n) is 9.86. The highest BCUT2D eigenvalue weighted by Crippen LogP contribution is 2.22. The number of benzene rings is 3. The number of aromatic hydroxyl groups is 1. The third-order valence-electron chi connectivity index (χ3n) is 5.57. The van der Waals surface area contributed by atoms with Crippen molar-refractivity contribution < 1.29 is 14.8 Å². The van der Waals surface area contributed by atoms with Crippen LogP contribution in [0.3, 0.4) is 0 Å². The highest BCUT2D eigenvalue weighted by Gasteiger charge is 2.32. The van der Waals surface area contributed by atoms with Gasteiger partial charge < -0.3 is 14.9 Å². The number of quaternary nitrogens is 1. The minimum Gasteiger partial charge on any atom is -0.507 e. The van der Waals surface area contributed by atoms with Crippen molar-refractivity contribution in [3.63, 3.8) is 0 Å². The Morgan fingerprint density at radius 3 is 2.10 bits per heavy atom. The summed E-state index contributed by atoms with van der Waals surface area (Å²) in [5, 5.41) is 10.7. The van der Waals surface area contributed by atoms with E-state index in [1.165, 1.54) is 16.0 Å². The number of phenolic OH excluding ortho intramolecular Hbond substituents is 1. The van der Waals surface area contributed by atoms with Crippen molar-refractivity contribution in [3.05, 3.63) is 101 Å². The maximum Gasteiger partial charge on any atom is 0.258 e. The lowest BCUT2D eigenvalue weighted by Gasteiger charge is -2.37. The molecule has 1 saturated heterocycles. The summed E-state index contributed by atoms with van der Waals surface area (Å²) in [5.74, 6) is -0.0690. The molecule has 29 heavy (non-hydrogen) atoms. The molecule has 0 saturated carbocycles. The van der Waals surface area contributed by atoms with Crippen LogP contribution >= 0.6 is 11.6 Å². The molecular weight excluding hydrogens is 384 g/mol. The van der Waals surface area contributed by atoms with E-state index < -0.39 is 0 Å². The van der Waals surface area contributed by atoms with E-state index in [4.69, 9.17) is 11.6 Å². The molecule has 3 aromatic carbocycles. The predicted octanol–water partition coefficient (Wildman–Crippen LogP) is 3.18. The second kappa shape index (κ2) is 8.68. The largest absolute Gasteiger partial charge is 0.507 e. The average Bonchev–Trinajstić information content (AvgIpc) is 2.76. The number of piperazine rings is 1. The zero-order valence-electron chi connectivity index (χ0n) is 16.1. The van der Waals surface area contributed by atoms with Gasteiger partial charge in [-0.25, -0.2) is 0 Å². The molecule has 4 rings (SSSR count). The molecule has 5 heteroatoms. The van der Waals surface area contributed by atoms with E-state index in [9.17, 15) is 9.90 Å². The minimum atomic E-state index is -0.107. The van der Waals surface area contributed by atoms with Crippen LogP contribution in [0.15, 0.2) is 78.9 Å². The molecule has 0 radical (unpaired) electrons. The third kappa shape index (κ3) is 4.29. The lowest BCUT2D eigenvalue weighted by atomic mass is 9.96. The SMILES string of the molecule is O=C(c1ccccc1O)N1CC[NH+]([C@@H](c2ccccc2)c2ccc(Cl)cc2)CC1. The van der Waals surface area contributed by atoms with Gasteiger partial charge in [-0.05, 0) is 24.3 Å². The summed E-state index contributed by atoms with van der Waals surface area (Å²) in [6.07, 6.45) is 0. The summed E-state index contributed by atoms with van der Waals surface area (Å²) in [5.41, 5.74) is 2.84. The Hall–Kier alpha value is -2.82. The van der Waals surface area contributed by atoms with Gasteiger partial charge in [-0.2, -0.15) is 0 Å². The fraction of sp³-hybridized carbons (Fsp3) is 0.208. The van der Waals surface area contributed by atoms with Crippen LogP contribution in [0.2, 0.25) is 5.02 Å². The van der Waals surface area contributed by atoms with Gasteiger partial charge in [-0.15, -0.1) is 0 Å². The van der Waals surface area contributed by atoms with Crippen LogP contribution in [0.25, 0.3) is 0 Å². The van der Waals surface area contributed by atoms with E-state index in [1.807, 2.05) is 23.1 Å². The quantitative estimate of drug-likeness (QED) is 0.697. The number of hydrogen-bond donors (Lipinski definition) is 2. The fourth-order valence-corrected chi connectivity index (χ4v) is 4.20. The molecule has 1 aliphatic rings. The van der Waals surface area contributed by atoms with E-state index in [-0.39, 0.29) is 17.7 Å². The average molecular weight is 408 g/mol. The highest BCUT2D eigenvalue weighted by molar-refractivity contribution is 6.30. The molecule has 3 aromatic rings. The standard InChI is InChI=1S/C24H23ClN2O2/c25-20-12-10-19(11-13-20)23(18-6-2-1-3-7-18)26-14-16-27(17-15-26)24(29)21-8-4-5-9-22(21)28/h1-13,23,28H,14-17H2/p+1/t23-/m0/s1. The maximum atomic E-state index is 12.8. The van der Waals surface area contributed by atoms with Gasteiger partial charge in [0.2, 0.25) is 0 Å². The summed E-state index contributed by atoms with van der Waals surface area (Å²) in [7, 11) is 0. The molecule has 1 fully saturated rings. The van der Waals surface area contributed by atoms with Crippen molar-refractivity contribution in [1.29, 1.82) is 0 Å². The molecule has 1 heterocycles. The number of amides is 1. The van der Waals surface area contributed by atoms with Crippen molar-refractivity contribution in [2.24, 2.45) is 0 Å². The Morgan fingerprint density at radius 2 is 1.45 bits per heavy atom. The fourth-order valence-electron chi connectivity index (χ4n) is 4.08. The molecule has 1 atom stereocenters. The van der Waals surface area contributed by atoms with Crippen LogP contribution in [-0.4, -0.2) is 42.1 Å². The molecule has 0 aliphatic carbocycles.